The quantitative estimate of drug-likeness (QED) is 0.803. The van der Waals surface area contributed by atoms with Crippen molar-refractivity contribution < 1.29 is 9.84 Å². The number of nitrogens with two attached hydrogens (primary N) is 1. The monoisotopic (exact) mass is 262 g/mol. The van der Waals surface area contributed by atoms with Crippen molar-refractivity contribution in [1.82, 2.24) is 0 Å². The number of hydrogen-bond donors (Lipinski definition) is 2. The summed E-state index contributed by atoms with van der Waals surface area (Å²) < 4.78 is 5.81. The van der Waals surface area contributed by atoms with E-state index in [4.69, 9.17) is 10.5 Å². The van der Waals surface area contributed by atoms with Gasteiger partial charge in [0.2, 0.25) is 0 Å². The highest BCUT2D eigenvalue weighted by molar-refractivity contribution is 5.63. The number of nitrogens with zero attached hydrogens (tertiary/aromatic N) is 1. The molecule has 0 saturated heterocycles. The number of aliphatic hydroxyl groups is 1. The fraction of sp³-hybridized carbons (Fsp3) is 0.600. The van der Waals surface area contributed by atoms with Crippen LogP contribution >= 0.6 is 0 Å². The van der Waals surface area contributed by atoms with Crippen LogP contribution in [-0.4, -0.2) is 31.9 Å². The maximum absolute atomic E-state index is 10.9. The Hall–Kier alpha value is -1.26. The first-order valence-electron chi connectivity index (χ1n) is 7.08. The summed E-state index contributed by atoms with van der Waals surface area (Å²) in [6, 6.07) is 4.09. The lowest BCUT2D eigenvalue weighted by Gasteiger charge is -2.34. The molecule has 1 atom stereocenters. The van der Waals surface area contributed by atoms with Crippen molar-refractivity contribution in [2.24, 2.45) is 5.73 Å². The normalized spacial score (nSPS) is 26.2. The van der Waals surface area contributed by atoms with Crippen molar-refractivity contribution >= 4 is 5.69 Å². The van der Waals surface area contributed by atoms with Crippen LogP contribution < -0.4 is 15.4 Å². The summed E-state index contributed by atoms with van der Waals surface area (Å²) in [6.45, 7) is 1.97. The molecule has 0 aromatic heterocycles. The second-order valence-corrected chi connectivity index (χ2v) is 5.65. The van der Waals surface area contributed by atoms with Crippen LogP contribution in [0.2, 0.25) is 0 Å². The van der Waals surface area contributed by atoms with E-state index in [9.17, 15) is 5.11 Å². The molecule has 2 aliphatic heterocycles. The smallest absolute Gasteiger partial charge is 0.125 e. The molecule has 0 saturated carbocycles. The zero-order valence-electron chi connectivity index (χ0n) is 11.5. The maximum atomic E-state index is 10.9. The summed E-state index contributed by atoms with van der Waals surface area (Å²) in [5, 5.41) is 10.9. The Morgan fingerprint density at radius 1 is 1.42 bits per heavy atom. The fourth-order valence-corrected chi connectivity index (χ4v) is 3.35. The van der Waals surface area contributed by atoms with Crippen LogP contribution in [0.5, 0.6) is 5.75 Å². The first kappa shape index (κ1) is 12.8. The van der Waals surface area contributed by atoms with Crippen LogP contribution in [0.1, 0.15) is 30.4 Å². The molecule has 0 fully saturated rings. The molecule has 1 aromatic carbocycles. The lowest BCUT2D eigenvalue weighted by Crippen LogP contribution is -2.37. The summed E-state index contributed by atoms with van der Waals surface area (Å²) >= 11 is 0. The molecule has 2 aliphatic rings. The fourth-order valence-electron chi connectivity index (χ4n) is 3.35. The Labute approximate surface area is 114 Å². The molecule has 19 heavy (non-hydrogen) atoms. The van der Waals surface area contributed by atoms with Gasteiger partial charge in [0.1, 0.15) is 11.4 Å². The van der Waals surface area contributed by atoms with E-state index >= 15 is 0 Å². The molecule has 104 valence electrons. The average molecular weight is 262 g/mol. The van der Waals surface area contributed by atoms with Gasteiger partial charge in [0.15, 0.2) is 0 Å². The second kappa shape index (κ2) is 4.69. The molecule has 0 spiro atoms. The number of ether oxygens (including phenoxy) is 1. The van der Waals surface area contributed by atoms with Gasteiger partial charge in [-0.1, -0.05) is 0 Å². The summed E-state index contributed by atoms with van der Waals surface area (Å²) in [5.74, 6) is 0.819. The second-order valence-electron chi connectivity index (χ2n) is 5.65. The standard InChI is InChI=1S/C15H22N2O2/c1-17-8-2-4-11-12(17)5-6-13-14(11)15(18,10-16)7-3-9-19-13/h5-6,18H,2-4,7-10,16H2,1H3. The van der Waals surface area contributed by atoms with Crippen LogP contribution in [0.15, 0.2) is 12.1 Å². The number of anilines is 1. The Kier molecular flexibility index (Phi) is 3.15. The average Bonchev–Trinajstić information content (AvgIpc) is 2.59. The number of benzene rings is 1. The molecule has 2 heterocycles. The zero-order valence-corrected chi connectivity index (χ0v) is 11.5. The SMILES string of the molecule is CN1CCCc2c1ccc1c2C(O)(CN)CCCO1. The zero-order chi connectivity index (χ0) is 13.5. The summed E-state index contributed by atoms with van der Waals surface area (Å²) in [6.07, 6.45) is 3.62. The number of hydrogen-bond acceptors (Lipinski definition) is 4. The van der Waals surface area contributed by atoms with Gasteiger partial charge in [-0.05, 0) is 43.4 Å². The van der Waals surface area contributed by atoms with E-state index in [-0.39, 0.29) is 6.54 Å². The minimum Gasteiger partial charge on any atom is -0.493 e. The molecule has 4 heteroatoms. The van der Waals surface area contributed by atoms with Crippen molar-refractivity contribution in [2.45, 2.75) is 31.3 Å². The molecule has 0 amide bonds. The summed E-state index contributed by atoms with van der Waals surface area (Å²) in [4.78, 5) is 2.25. The van der Waals surface area contributed by atoms with Crippen LogP contribution in [0, 0.1) is 0 Å². The Balaban J connectivity index is 2.20. The lowest BCUT2D eigenvalue weighted by molar-refractivity contribution is 0.0365. The Morgan fingerprint density at radius 2 is 2.26 bits per heavy atom. The van der Waals surface area contributed by atoms with E-state index in [0.29, 0.717) is 13.0 Å². The van der Waals surface area contributed by atoms with E-state index in [0.717, 1.165) is 37.1 Å². The number of fused-ring (bicyclic) bond motifs is 3. The van der Waals surface area contributed by atoms with Gasteiger partial charge in [-0.25, -0.2) is 0 Å². The third-order valence-electron chi connectivity index (χ3n) is 4.38. The van der Waals surface area contributed by atoms with Crippen molar-refractivity contribution in [3.05, 3.63) is 23.3 Å². The Bertz CT molecular complexity index is 489. The van der Waals surface area contributed by atoms with E-state index in [2.05, 4.69) is 18.0 Å². The van der Waals surface area contributed by atoms with Gasteiger partial charge < -0.3 is 20.5 Å². The summed E-state index contributed by atoms with van der Waals surface area (Å²) in [5.41, 5.74) is 8.31. The van der Waals surface area contributed by atoms with Gasteiger partial charge in [0.05, 0.1) is 6.61 Å². The van der Waals surface area contributed by atoms with Gasteiger partial charge in [-0.2, -0.15) is 0 Å². The first-order chi connectivity index (χ1) is 9.15. The molecule has 0 aliphatic carbocycles. The largest absolute Gasteiger partial charge is 0.493 e. The highest BCUT2D eigenvalue weighted by atomic mass is 16.5. The van der Waals surface area contributed by atoms with E-state index in [1.807, 2.05) is 6.07 Å². The molecular weight excluding hydrogens is 240 g/mol. The number of rotatable bonds is 1. The van der Waals surface area contributed by atoms with Crippen molar-refractivity contribution in [2.75, 3.05) is 31.6 Å². The van der Waals surface area contributed by atoms with Gasteiger partial charge in [0, 0.05) is 31.4 Å². The van der Waals surface area contributed by atoms with Crippen molar-refractivity contribution in [3.8, 4) is 5.75 Å². The van der Waals surface area contributed by atoms with Gasteiger partial charge in [-0.15, -0.1) is 0 Å². The minimum atomic E-state index is -0.935. The molecule has 3 N–H and O–H groups in total. The highest BCUT2D eigenvalue weighted by Crippen LogP contribution is 2.43. The molecule has 1 unspecified atom stereocenters. The Morgan fingerprint density at radius 3 is 3.05 bits per heavy atom. The first-order valence-corrected chi connectivity index (χ1v) is 7.08. The minimum absolute atomic E-state index is 0.253. The highest BCUT2D eigenvalue weighted by Gasteiger charge is 2.37. The molecular formula is C15H22N2O2. The van der Waals surface area contributed by atoms with Crippen LogP contribution in [0.25, 0.3) is 0 Å². The maximum Gasteiger partial charge on any atom is 0.125 e. The van der Waals surface area contributed by atoms with Gasteiger partial charge in [-0.3, -0.25) is 0 Å². The van der Waals surface area contributed by atoms with E-state index < -0.39 is 5.60 Å². The van der Waals surface area contributed by atoms with Crippen molar-refractivity contribution in [1.29, 1.82) is 0 Å². The molecule has 0 radical (unpaired) electrons. The molecule has 4 nitrogen and oxygen atoms in total. The molecule has 1 aromatic rings. The van der Waals surface area contributed by atoms with Crippen molar-refractivity contribution in [3.63, 3.8) is 0 Å². The van der Waals surface area contributed by atoms with Gasteiger partial charge >= 0.3 is 0 Å². The lowest BCUT2D eigenvalue weighted by atomic mass is 9.82. The molecule has 0 bridgehead atoms. The predicted molar refractivity (Wildman–Crippen MR) is 75.7 cm³/mol. The predicted octanol–water partition coefficient (Wildman–Crippen LogP) is 1.39. The molecule has 3 rings (SSSR count). The van der Waals surface area contributed by atoms with Crippen LogP contribution in [-0.2, 0) is 12.0 Å². The third-order valence-corrected chi connectivity index (χ3v) is 4.38. The van der Waals surface area contributed by atoms with Crippen LogP contribution in [0.4, 0.5) is 5.69 Å². The van der Waals surface area contributed by atoms with Crippen LogP contribution in [0.3, 0.4) is 0 Å². The van der Waals surface area contributed by atoms with E-state index in [1.165, 1.54) is 11.3 Å². The summed E-state index contributed by atoms with van der Waals surface area (Å²) in [7, 11) is 2.10. The van der Waals surface area contributed by atoms with Gasteiger partial charge in [0.25, 0.3) is 0 Å². The van der Waals surface area contributed by atoms with E-state index in [1.54, 1.807) is 0 Å². The topological polar surface area (TPSA) is 58.7 Å². The third kappa shape index (κ3) is 1.99.